The minimum atomic E-state index is -0.283. The molecule has 0 aliphatic heterocycles. The molecular formula is C16H14BrFN2S. The molecule has 0 fully saturated rings. The normalized spacial score (nSPS) is 11.2. The Labute approximate surface area is 135 Å². The lowest BCUT2D eigenvalue weighted by Gasteiger charge is -2.09. The fourth-order valence-corrected chi connectivity index (χ4v) is 3.15. The first-order valence-electron chi connectivity index (χ1n) is 6.74. The Hall–Kier alpha value is -1.46. The second-order valence-electron chi connectivity index (χ2n) is 4.92. The molecule has 0 saturated carbocycles. The van der Waals surface area contributed by atoms with Crippen LogP contribution in [0.25, 0.3) is 11.0 Å². The van der Waals surface area contributed by atoms with Crippen molar-refractivity contribution < 1.29 is 4.39 Å². The van der Waals surface area contributed by atoms with E-state index in [1.165, 1.54) is 17.2 Å². The molecule has 1 N–H and O–H groups in total. The summed E-state index contributed by atoms with van der Waals surface area (Å²) in [6.07, 6.45) is 0.964. The van der Waals surface area contributed by atoms with Crippen LogP contribution in [0.4, 0.5) is 4.39 Å². The Morgan fingerprint density at radius 3 is 2.67 bits per heavy atom. The van der Waals surface area contributed by atoms with Gasteiger partial charge in [0, 0.05) is 6.07 Å². The Balaban J connectivity index is 2.14. The van der Waals surface area contributed by atoms with E-state index >= 15 is 0 Å². The van der Waals surface area contributed by atoms with E-state index in [0.717, 1.165) is 17.5 Å². The minimum absolute atomic E-state index is 0.283. The summed E-state index contributed by atoms with van der Waals surface area (Å²) in [6, 6.07) is 11.5. The van der Waals surface area contributed by atoms with Crippen molar-refractivity contribution in [3.05, 3.63) is 62.6 Å². The maximum atomic E-state index is 13.8. The third-order valence-electron chi connectivity index (χ3n) is 3.64. The van der Waals surface area contributed by atoms with Crippen molar-refractivity contribution in [3.63, 3.8) is 0 Å². The molecular weight excluding hydrogens is 351 g/mol. The topological polar surface area (TPSA) is 20.7 Å². The fourth-order valence-electron chi connectivity index (χ4n) is 2.54. The van der Waals surface area contributed by atoms with Crippen molar-refractivity contribution in [2.24, 2.45) is 0 Å². The molecule has 0 unspecified atom stereocenters. The van der Waals surface area contributed by atoms with Crippen LogP contribution in [0.1, 0.15) is 18.1 Å². The van der Waals surface area contributed by atoms with E-state index in [1.54, 1.807) is 6.07 Å². The zero-order chi connectivity index (χ0) is 15.0. The summed E-state index contributed by atoms with van der Waals surface area (Å²) >= 11 is 8.59. The van der Waals surface area contributed by atoms with E-state index in [-0.39, 0.29) is 5.82 Å². The molecule has 1 heterocycles. The van der Waals surface area contributed by atoms with Gasteiger partial charge in [-0.05, 0) is 51.8 Å². The first-order valence-corrected chi connectivity index (χ1v) is 7.94. The smallest absolute Gasteiger partial charge is 0.178 e. The molecule has 0 aliphatic rings. The van der Waals surface area contributed by atoms with Crippen LogP contribution in [0.15, 0.2) is 40.9 Å². The number of aromatic nitrogens is 2. The molecule has 0 atom stereocenters. The van der Waals surface area contributed by atoms with E-state index < -0.39 is 0 Å². The summed E-state index contributed by atoms with van der Waals surface area (Å²) in [6.45, 7) is 2.77. The molecule has 3 aromatic rings. The predicted octanol–water partition coefficient (Wildman–Crippen LogP) is 5.21. The summed E-state index contributed by atoms with van der Waals surface area (Å²) in [5.74, 6) is -0.283. The van der Waals surface area contributed by atoms with E-state index in [1.807, 2.05) is 16.7 Å². The van der Waals surface area contributed by atoms with Crippen LogP contribution in [0.2, 0.25) is 0 Å². The lowest BCUT2D eigenvalue weighted by Crippen LogP contribution is -2.03. The number of nitrogens with zero attached hydrogens (tertiary/aromatic N) is 1. The van der Waals surface area contributed by atoms with Gasteiger partial charge in [-0.1, -0.05) is 31.2 Å². The van der Waals surface area contributed by atoms with Gasteiger partial charge < -0.3 is 9.55 Å². The Bertz CT molecular complexity index is 866. The van der Waals surface area contributed by atoms with E-state index in [0.29, 0.717) is 15.8 Å². The molecule has 0 aliphatic carbocycles. The number of rotatable bonds is 3. The second kappa shape index (κ2) is 5.73. The lowest BCUT2D eigenvalue weighted by atomic mass is 10.1. The zero-order valence-corrected chi connectivity index (χ0v) is 13.9. The fraction of sp³-hybridized carbons (Fsp3) is 0.188. The van der Waals surface area contributed by atoms with Gasteiger partial charge in [0.05, 0.1) is 22.1 Å². The number of nitrogens with one attached hydrogen (secondary N) is 1. The molecule has 2 nitrogen and oxygen atoms in total. The Kier molecular flexibility index (Phi) is 3.95. The van der Waals surface area contributed by atoms with Crippen LogP contribution in [0, 0.1) is 10.6 Å². The van der Waals surface area contributed by atoms with E-state index in [9.17, 15) is 4.39 Å². The highest BCUT2D eigenvalue weighted by atomic mass is 79.9. The monoisotopic (exact) mass is 364 g/mol. The van der Waals surface area contributed by atoms with Crippen molar-refractivity contribution >= 4 is 39.2 Å². The number of benzene rings is 2. The Morgan fingerprint density at radius 2 is 1.95 bits per heavy atom. The molecule has 1 aromatic heterocycles. The number of H-pyrrole nitrogens is 1. The van der Waals surface area contributed by atoms with Gasteiger partial charge in [-0.25, -0.2) is 4.39 Å². The zero-order valence-electron chi connectivity index (χ0n) is 11.5. The molecule has 5 heteroatoms. The van der Waals surface area contributed by atoms with E-state index in [2.05, 4.69) is 40.0 Å². The van der Waals surface area contributed by atoms with Gasteiger partial charge in [-0.15, -0.1) is 0 Å². The molecule has 108 valence electrons. The van der Waals surface area contributed by atoms with E-state index in [4.69, 9.17) is 12.2 Å². The van der Waals surface area contributed by atoms with Crippen LogP contribution < -0.4 is 0 Å². The summed E-state index contributed by atoms with van der Waals surface area (Å²) < 4.78 is 16.8. The van der Waals surface area contributed by atoms with Crippen LogP contribution in [0.5, 0.6) is 0 Å². The molecule has 0 saturated heterocycles. The number of hydrogen-bond donors (Lipinski definition) is 1. The summed E-state index contributed by atoms with van der Waals surface area (Å²) in [4.78, 5) is 3.13. The number of halogens is 2. The first-order chi connectivity index (χ1) is 10.1. The summed E-state index contributed by atoms with van der Waals surface area (Å²) in [5, 5.41) is 0. The van der Waals surface area contributed by atoms with Crippen LogP contribution in [-0.2, 0) is 13.0 Å². The predicted molar refractivity (Wildman–Crippen MR) is 89.7 cm³/mol. The minimum Gasteiger partial charge on any atom is -0.331 e. The molecule has 21 heavy (non-hydrogen) atoms. The number of aryl methyl sites for hydroxylation is 1. The van der Waals surface area contributed by atoms with Crippen molar-refractivity contribution in [1.29, 1.82) is 0 Å². The average Bonchev–Trinajstić information content (AvgIpc) is 2.76. The standard InChI is InChI=1S/C16H14BrFN2S/c1-2-10-5-3-4-6-11(10)9-20-15-8-13(18)12(17)7-14(15)19-16(20)21/h3-8H,2,9H2,1H3,(H,19,21). The van der Waals surface area contributed by atoms with Crippen molar-refractivity contribution in [1.82, 2.24) is 9.55 Å². The molecule has 0 bridgehead atoms. The molecule has 2 aromatic carbocycles. The highest BCUT2D eigenvalue weighted by molar-refractivity contribution is 9.10. The molecule has 0 radical (unpaired) electrons. The van der Waals surface area contributed by atoms with Gasteiger partial charge >= 0.3 is 0 Å². The maximum Gasteiger partial charge on any atom is 0.178 e. The third kappa shape index (κ3) is 2.68. The van der Waals surface area contributed by atoms with Gasteiger partial charge in [0.1, 0.15) is 5.82 Å². The maximum absolute atomic E-state index is 13.8. The van der Waals surface area contributed by atoms with Crippen LogP contribution in [0.3, 0.4) is 0 Å². The number of fused-ring (bicyclic) bond motifs is 1. The summed E-state index contributed by atoms with van der Waals surface area (Å²) in [5.41, 5.74) is 4.11. The average molecular weight is 365 g/mol. The highest BCUT2D eigenvalue weighted by Gasteiger charge is 2.10. The van der Waals surface area contributed by atoms with Gasteiger partial charge in [0.25, 0.3) is 0 Å². The quantitative estimate of drug-likeness (QED) is 0.632. The van der Waals surface area contributed by atoms with Crippen molar-refractivity contribution in [3.8, 4) is 0 Å². The van der Waals surface area contributed by atoms with Crippen molar-refractivity contribution in [2.45, 2.75) is 19.9 Å². The molecule has 0 amide bonds. The summed E-state index contributed by atoms with van der Waals surface area (Å²) in [7, 11) is 0. The van der Waals surface area contributed by atoms with Crippen LogP contribution in [-0.4, -0.2) is 9.55 Å². The molecule has 3 rings (SSSR count). The molecule has 0 spiro atoms. The largest absolute Gasteiger partial charge is 0.331 e. The lowest BCUT2D eigenvalue weighted by molar-refractivity contribution is 0.622. The van der Waals surface area contributed by atoms with Gasteiger partial charge in [-0.3, -0.25) is 0 Å². The SMILES string of the molecule is CCc1ccccc1Cn1c(=S)[nH]c2cc(Br)c(F)cc21. The third-order valence-corrected chi connectivity index (χ3v) is 4.57. The Morgan fingerprint density at radius 1 is 1.24 bits per heavy atom. The van der Waals surface area contributed by atoms with Crippen LogP contribution >= 0.6 is 28.1 Å². The number of aromatic amines is 1. The second-order valence-corrected chi connectivity index (χ2v) is 6.16. The first kappa shape index (κ1) is 14.5. The van der Waals surface area contributed by atoms with Gasteiger partial charge in [0.15, 0.2) is 4.77 Å². The highest BCUT2D eigenvalue weighted by Crippen LogP contribution is 2.24. The van der Waals surface area contributed by atoms with Crippen molar-refractivity contribution in [2.75, 3.05) is 0 Å². The number of hydrogen-bond acceptors (Lipinski definition) is 1. The van der Waals surface area contributed by atoms with Gasteiger partial charge in [0.2, 0.25) is 0 Å². The van der Waals surface area contributed by atoms with Gasteiger partial charge in [-0.2, -0.15) is 0 Å². The number of imidazole rings is 1.